The lowest BCUT2D eigenvalue weighted by molar-refractivity contribution is -0.117. The first-order chi connectivity index (χ1) is 11.8. The molecule has 2 atom stereocenters. The van der Waals surface area contributed by atoms with Crippen molar-refractivity contribution in [3.63, 3.8) is 0 Å². The third-order valence-electron chi connectivity index (χ3n) is 4.91. The summed E-state index contributed by atoms with van der Waals surface area (Å²) < 4.78 is 37.1. The van der Waals surface area contributed by atoms with Gasteiger partial charge in [-0.15, -0.1) is 0 Å². The lowest BCUT2D eigenvalue weighted by Gasteiger charge is -2.28. The highest BCUT2D eigenvalue weighted by atomic mass is 32.2. The van der Waals surface area contributed by atoms with Crippen LogP contribution < -0.4 is 5.32 Å². The second kappa shape index (κ2) is 7.25. The molecule has 2 heterocycles. The molecule has 7 heteroatoms. The maximum Gasteiger partial charge on any atom is 0.244 e. The summed E-state index contributed by atoms with van der Waals surface area (Å²) in [5, 5.41) is 2.86. The zero-order chi connectivity index (χ0) is 18.0. The summed E-state index contributed by atoms with van der Waals surface area (Å²) in [7, 11) is -3.13. The van der Waals surface area contributed by atoms with Gasteiger partial charge in [0.1, 0.15) is 5.82 Å². The molecule has 2 aliphatic rings. The van der Waals surface area contributed by atoms with E-state index < -0.39 is 9.84 Å². The molecular formula is C18H23FN2O3S. The number of nitrogens with zero attached hydrogens (tertiary/aromatic N) is 1. The van der Waals surface area contributed by atoms with Crippen molar-refractivity contribution in [1.82, 2.24) is 10.2 Å². The van der Waals surface area contributed by atoms with Crippen LogP contribution in [0.4, 0.5) is 4.39 Å². The Morgan fingerprint density at radius 1 is 1.20 bits per heavy atom. The summed E-state index contributed by atoms with van der Waals surface area (Å²) in [5.74, 6) is -0.541. The summed E-state index contributed by atoms with van der Waals surface area (Å²) in [5.41, 5.74) is 1.46. The fourth-order valence-electron chi connectivity index (χ4n) is 3.62. The first-order valence-electron chi connectivity index (χ1n) is 8.53. The number of carbonyl (C=O) groups is 1. The molecule has 0 spiro atoms. The van der Waals surface area contributed by atoms with Crippen LogP contribution >= 0.6 is 0 Å². The van der Waals surface area contributed by atoms with Crippen LogP contribution in [0, 0.1) is 5.82 Å². The van der Waals surface area contributed by atoms with Gasteiger partial charge in [0.2, 0.25) is 5.91 Å². The Kier molecular flexibility index (Phi) is 5.24. The molecule has 136 valence electrons. The molecule has 1 aromatic rings. The van der Waals surface area contributed by atoms with Crippen molar-refractivity contribution < 1.29 is 17.6 Å². The third-order valence-corrected chi connectivity index (χ3v) is 6.62. The molecule has 2 fully saturated rings. The van der Waals surface area contributed by atoms with E-state index in [1.54, 1.807) is 19.1 Å². The quantitative estimate of drug-likeness (QED) is 0.822. The number of amides is 1. The number of nitrogens with one attached hydrogen (secondary N) is 1. The molecule has 0 saturated carbocycles. The van der Waals surface area contributed by atoms with Crippen LogP contribution in [-0.2, 0) is 14.6 Å². The number of likely N-dealkylation sites (tertiary alicyclic amines) is 1. The number of rotatable bonds is 4. The maximum absolute atomic E-state index is 13.0. The molecule has 25 heavy (non-hydrogen) atoms. The molecule has 3 rings (SSSR count). The molecule has 5 nitrogen and oxygen atoms in total. The molecular weight excluding hydrogens is 343 g/mol. The second-order valence-electron chi connectivity index (χ2n) is 6.84. The van der Waals surface area contributed by atoms with Crippen molar-refractivity contribution in [3.8, 4) is 0 Å². The fourth-order valence-corrected chi connectivity index (χ4v) is 5.57. The topological polar surface area (TPSA) is 66.5 Å². The van der Waals surface area contributed by atoms with Crippen LogP contribution in [0.15, 0.2) is 30.3 Å². The maximum atomic E-state index is 13.0. The van der Waals surface area contributed by atoms with Gasteiger partial charge in [-0.2, -0.15) is 0 Å². The first-order valence-corrected chi connectivity index (χ1v) is 10.4. The van der Waals surface area contributed by atoms with E-state index in [0.29, 0.717) is 5.57 Å². The minimum atomic E-state index is -3.13. The van der Waals surface area contributed by atoms with Crippen molar-refractivity contribution in [2.75, 3.05) is 24.6 Å². The number of sulfone groups is 1. The van der Waals surface area contributed by atoms with Gasteiger partial charge in [0.25, 0.3) is 0 Å². The standard InChI is InChI=1S/C18H23FN2O3S/c1-13(14-4-6-15(19)7-5-14)10-18(22)20-16-11-25(23,24)12-17(16)21-8-2-3-9-21/h4-7,10,16-17H,2-3,8-9,11-12H2,1H3,(H,20,22). The van der Waals surface area contributed by atoms with Crippen molar-refractivity contribution in [1.29, 1.82) is 0 Å². The predicted octanol–water partition coefficient (Wildman–Crippen LogP) is 1.61. The van der Waals surface area contributed by atoms with E-state index in [0.717, 1.165) is 31.5 Å². The van der Waals surface area contributed by atoms with Crippen LogP contribution in [0.25, 0.3) is 5.57 Å². The van der Waals surface area contributed by atoms with E-state index in [1.807, 2.05) is 0 Å². The molecule has 2 saturated heterocycles. The molecule has 0 aromatic heterocycles. The third kappa shape index (κ3) is 4.46. The summed E-state index contributed by atoms with van der Waals surface area (Å²) in [6.07, 6.45) is 3.58. The van der Waals surface area contributed by atoms with E-state index in [-0.39, 0.29) is 35.3 Å². The van der Waals surface area contributed by atoms with Gasteiger partial charge < -0.3 is 5.32 Å². The van der Waals surface area contributed by atoms with E-state index >= 15 is 0 Å². The zero-order valence-corrected chi connectivity index (χ0v) is 15.1. The van der Waals surface area contributed by atoms with Crippen LogP contribution in [0.5, 0.6) is 0 Å². The molecule has 1 N–H and O–H groups in total. The van der Waals surface area contributed by atoms with Gasteiger partial charge in [-0.1, -0.05) is 12.1 Å². The highest BCUT2D eigenvalue weighted by Gasteiger charge is 2.42. The van der Waals surface area contributed by atoms with Gasteiger partial charge in [-0.3, -0.25) is 9.69 Å². The summed E-state index contributed by atoms with van der Waals surface area (Å²) in [6.45, 7) is 3.55. The van der Waals surface area contributed by atoms with Gasteiger partial charge >= 0.3 is 0 Å². The Morgan fingerprint density at radius 2 is 1.84 bits per heavy atom. The summed E-state index contributed by atoms with van der Waals surface area (Å²) in [6, 6.07) is 5.39. The largest absolute Gasteiger partial charge is 0.347 e. The van der Waals surface area contributed by atoms with Crippen LogP contribution in [0.3, 0.4) is 0 Å². The Bertz CT molecular complexity index is 768. The monoisotopic (exact) mass is 366 g/mol. The average molecular weight is 366 g/mol. The van der Waals surface area contributed by atoms with Gasteiger partial charge in [-0.25, -0.2) is 12.8 Å². The van der Waals surface area contributed by atoms with Crippen molar-refractivity contribution in [2.24, 2.45) is 0 Å². The lowest BCUT2D eigenvalue weighted by Crippen LogP contribution is -2.49. The Hall–Kier alpha value is -1.73. The smallest absolute Gasteiger partial charge is 0.244 e. The Labute approximate surface area is 147 Å². The number of hydrogen-bond donors (Lipinski definition) is 1. The Morgan fingerprint density at radius 3 is 2.48 bits per heavy atom. The summed E-state index contributed by atoms with van der Waals surface area (Å²) in [4.78, 5) is 14.5. The van der Waals surface area contributed by atoms with Gasteiger partial charge in [0, 0.05) is 12.1 Å². The summed E-state index contributed by atoms with van der Waals surface area (Å²) >= 11 is 0. The highest BCUT2D eigenvalue weighted by molar-refractivity contribution is 7.91. The van der Waals surface area contributed by atoms with E-state index in [2.05, 4.69) is 10.2 Å². The number of halogens is 1. The van der Waals surface area contributed by atoms with Gasteiger partial charge in [-0.05, 0) is 56.1 Å². The normalized spacial score (nSPS) is 26.7. The van der Waals surface area contributed by atoms with Crippen LogP contribution in [0.1, 0.15) is 25.3 Å². The first kappa shape index (κ1) is 18.1. The van der Waals surface area contributed by atoms with Crippen molar-refractivity contribution in [3.05, 3.63) is 41.7 Å². The lowest BCUT2D eigenvalue weighted by atomic mass is 10.1. The zero-order valence-electron chi connectivity index (χ0n) is 14.2. The minimum Gasteiger partial charge on any atom is -0.347 e. The van der Waals surface area contributed by atoms with Crippen molar-refractivity contribution in [2.45, 2.75) is 31.8 Å². The Balaban J connectivity index is 1.70. The van der Waals surface area contributed by atoms with Crippen LogP contribution in [0.2, 0.25) is 0 Å². The van der Waals surface area contributed by atoms with E-state index in [4.69, 9.17) is 0 Å². The van der Waals surface area contributed by atoms with Gasteiger partial charge in [0.15, 0.2) is 9.84 Å². The second-order valence-corrected chi connectivity index (χ2v) is 8.99. The predicted molar refractivity (Wildman–Crippen MR) is 95.2 cm³/mol. The highest BCUT2D eigenvalue weighted by Crippen LogP contribution is 2.23. The number of hydrogen-bond acceptors (Lipinski definition) is 4. The molecule has 2 aliphatic heterocycles. The molecule has 0 bridgehead atoms. The van der Waals surface area contributed by atoms with Gasteiger partial charge in [0.05, 0.1) is 17.5 Å². The average Bonchev–Trinajstić information content (AvgIpc) is 3.15. The minimum absolute atomic E-state index is 0.0106. The molecule has 2 unspecified atom stereocenters. The SMILES string of the molecule is CC(=CC(=O)NC1CS(=O)(=O)CC1N1CCCC1)c1ccc(F)cc1. The van der Waals surface area contributed by atoms with E-state index in [1.165, 1.54) is 18.2 Å². The molecule has 1 amide bonds. The molecule has 1 aromatic carbocycles. The molecule has 0 aliphatic carbocycles. The van der Waals surface area contributed by atoms with Crippen LogP contribution in [-0.4, -0.2) is 55.9 Å². The molecule has 0 radical (unpaired) electrons. The number of carbonyl (C=O) groups excluding carboxylic acids is 1. The number of benzene rings is 1. The fraction of sp³-hybridized carbons (Fsp3) is 0.500. The van der Waals surface area contributed by atoms with E-state index in [9.17, 15) is 17.6 Å². The van der Waals surface area contributed by atoms with Crippen molar-refractivity contribution >= 4 is 21.3 Å². The number of allylic oxidation sites excluding steroid dienone is 1.